The molecule has 2 unspecified atom stereocenters. The topological polar surface area (TPSA) is 116 Å². The lowest BCUT2D eigenvalue weighted by atomic mass is 9.89. The van der Waals surface area contributed by atoms with Crippen LogP contribution in [0.4, 0.5) is 27.5 Å². The smallest absolute Gasteiger partial charge is 0.160 e. The zero-order valence-electron chi connectivity index (χ0n) is 17.1. The van der Waals surface area contributed by atoms with Crippen LogP contribution in [0.25, 0.3) is 11.0 Å². The summed E-state index contributed by atoms with van der Waals surface area (Å²) in [5.74, 6) is 1.96. The Morgan fingerprint density at radius 3 is 2.84 bits per heavy atom. The van der Waals surface area contributed by atoms with Crippen molar-refractivity contribution in [2.75, 3.05) is 22.5 Å². The van der Waals surface area contributed by atoms with Crippen molar-refractivity contribution in [1.29, 1.82) is 0 Å². The number of hydrogen-bond donors (Lipinski definition) is 4. The van der Waals surface area contributed by atoms with Crippen molar-refractivity contribution in [3.63, 3.8) is 0 Å². The number of rotatable bonds is 6. The zero-order valence-corrected chi connectivity index (χ0v) is 17.1. The number of fused-ring (bicyclic) bond motifs is 2. The number of halogens is 1. The Bertz CT molecular complexity index is 1240. The van der Waals surface area contributed by atoms with Gasteiger partial charge in [0.05, 0.1) is 17.3 Å². The third-order valence-electron chi connectivity index (χ3n) is 5.68. The van der Waals surface area contributed by atoms with E-state index < -0.39 is 0 Å². The SMILES string of the molecule is Cc1ccc(F)c2c1C(CCNc1cc(Nc3ncnc4[nH]ncc34)ncn1)C(C)N2. The van der Waals surface area contributed by atoms with E-state index in [0.29, 0.717) is 35.3 Å². The van der Waals surface area contributed by atoms with Gasteiger partial charge in [-0.2, -0.15) is 5.10 Å². The van der Waals surface area contributed by atoms with Crippen LogP contribution >= 0.6 is 0 Å². The standard InChI is InChI=1S/C21H22FN9/c1-11-3-4-15(22)19-18(11)13(12(2)29-19)5-6-23-16-7-17(25-9-24-16)30-20-14-8-28-31-21(14)27-10-26-20/h3-4,7-10,12-13,29H,5-6H2,1-2H3,(H3,23,24,25,26,27,28,30,31). The number of anilines is 4. The first-order valence-electron chi connectivity index (χ1n) is 10.1. The highest BCUT2D eigenvalue weighted by Crippen LogP contribution is 2.41. The molecule has 1 aliphatic rings. The minimum atomic E-state index is -0.189. The van der Waals surface area contributed by atoms with Crippen LogP contribution in [0.5, 0.6) is 0 Å². The molecule has 0 bridgehead atoms. The van der Waals surface area contributed by atoms with E-state index >= 15 is 0 Å². The number of aromatic nitrogens is 6. The number of H-pyrrole nitrogens is 1. The molecule has 0 aliphatic carbocycles. The molecule has 10 heteroatoms. The fourth-order valence-corrected chi connectivity index (χ4v) is 4.16. The Hall–Kier alpha value is -3.82. The number of hydrogen-bond acceptors (Lipinski definition) is 8. The molecule has 4 aromatic rings. The van der Waals surface area contributed by atoms with Gasteiger partial charge in [0, 0.05) is 24.6 Å². The van der Waals surface area contributed by atoms with Crippen LogP contribution in [0, 0.1) is 12.7 Å². The molecule has 4 N–H and O–H groups in total. The summed E-state index contributed by atoms with van der Waals surface area (Å²) in [7, 11) is 0. The number of aryl methyl sites for hydroxylation is 1. The third kappa shape index (κ3) is 3.60. The van der Waals surface area contributed by atoms with Crippen molar-refractivity contribution < 1.29 is 4.39 Å². The van der Waals surface area contributed by atoms with Crippen molar-refractivity contribution >= 4 is 34.2 Å². The van der Waals surface area contributed by atoms with Gasteiger partial charge in [0.2, 0.25) is 0 Å². The molecule has 0 saturated carbocycles. The van der Waals surface area contributed by atoms with Crippen LogP contribution in [0.3, 0.4) is 0 Å². The van der Waals surface area contributed by atoms with E-state index in [1.54, 1.807) is 6.20 Å². The monoisotopic (exact) mass is 419 g/mol. The zero-order chi connectivity index (χ0) is 21.4. The third-order valence-corrected chi connectivity index (χ3v) is 5.68. The predicted octanol–water partition coefficient (Wildman–Crippen LogP) is 3.73. The van der Waals surface area contributed by atoms with E-state index in [-0.39, 0.29) is 17.8 Å². The summed E-state index contributed by atoms with van der Waals surface area (Å²) in [5.41, 5.74) is 3.48. The molecule has 0 saturated heterocycles. The molecule has 5 rings (SSSR count). The van der Waals surface area contributed by atoms with Crippen molar-refractivity contribution in [3.8, 4) is 0 Å². The maximum Gasteiger partial charge on any atom is 0.160 e. The second-order valence-corrected chi connectivity index (χ2v) is 7.68. The summed E-state index contributed by atoms with van der Waals surface area (Å²) < 4.78 is 14.2. The van der Waals surface area contributed by atoms with Gasteiger partial charge in [0.1, 0.15) is 35.9 Å². The van der Waals surface area contributed by atoms with E-state index in [9.17, 15) is 4.39 Å². The van der Waals surface area contributed by atoms with E-state index in [2.05, 4.69) is 53.0 Å². The van der Waals surface area contributed by atoms with Gasteiger partial charge in [0.15, 0.2) is 5.65 Å². The Balaban J connectivity index is 1.26. The van der Waals surface area contributed by atoms with Gasteiger partial charge in [-0.3, -0.25) is 5.10 Å². The van der Waals surface area contributed by atoms with Crippen LogP contribution < -0.4 is 16.0 Å². The average Bonchev–Trinajstić information content (AvgIpc) is 3.37. The van der Waals surface area contributed by atoms with Crippen molar-refractivity contribution in [2.24, 2.45) is 0 Å². The highest BCUT2D eigenvalue weighted by atomic mass is 19.1. The lowest BCUT2D eigenvalue weighted by molar-refractivity contribution is 0.596. The quantitative estimate of drug-likeness (QED) is 0.374. The van der Waals surface area contributed by atoms with Crippen molar-refractivity contribution in [3.05, 3.63) is 54.0 Å². The Kier molecular flexibility index (Phi) is 4.81. The summed E-state index contributed by atoms with van der Waals surface area (Å²) >= 11 is 0. The molecule has 31 heavy (non-hydrogen) atoms. The Morgan fingerprint density at radius 1 is 1.10 bits per heavy atom. The molecule has 0 fully saturated rings. The van der Waals surface area contributed by atoms with Crippen molar-refractivity contribution in [1.82, 2.24) is 30.1 Å². The molecule has 3 aromatic heterocycles. The summed E-state index contributed by atoms with van der Waals surface area (Å²) in [6.45, 7) is 4.82. The highest BCUT2D eigenvalue weighted by Gasteiger charge is 2.32. The molecule has 0 spiro atoms. The second kappa shape index (κ2) is 7.78. The summed E-state index contributed by atoms with van der Waals surface area (Å²) in [5, 5.41) is 17.4. The van der Waals surface area contributed by atoms with Gasteiger partial charge in [-0.15, -0.1) is 0 Å². The largest absolute Gasteiger partial charge is 0.379 e. The van der Waals surface area contributed by atoms with Crippen LogP contribution in [-0.4, -0.2) is 42.7 Å². The number of nitrogens with zero attached hydrogens (tertiary/aromatic N) is 5. The maximum absolute atomic E-state index is 14.2. The van der Waals surface area contributed by atoms with Gasteiger partial charge in [-0.05, 0) is 37.5 Å². The first-order chi connectivity index (χ1) is 15.1. The first-order valence-corrected chi connectivity index (χ1v) is 10.1. The summed E-state index contributed by atoms with van der Waals surface area (Å²) in [6.07, 6.45) is 5.47. The molecule has 0 amide bonds. The molecule has 4 heterocycles. The van der Waals surface area contributed by atoms with Crippen molar-refractivity contribution in [2.45, 2.75) is 32.2 Å². The van der Waals surface area contributed by atoms with Crippen LogP contribution in [0.15, 0.2) is 37.1 Å². The predicted molar refractivity (Wildman–Crippen MR) is 117 cm³/mol. The molecule has 0 radical (unpaired) electrons. The van der Waals surface area contributed by atoms with E-state index in [1.807, 2.05) is 19.1 Å². The summed E-state index contributed by atoms with van der Waals surface area (Å²) in [4.78, 5) is 17.0. The minimum absolute atomic E-state index is 0.171. The second-order valence-electron chi connectivity index (χ2n) is 7.68. The molecular formula is C21H22FN9. The van der Waals surface area contributed by atoms with Crippen LogP contribution in [0.1, 0.15) is 30.4 Å². The van der Waals surface area contributed by atoms with Gasteiger partial charge in [-0.1, -0.05) is 6.07 Å². The van der Waals surface area contributed by atoms with E-state index in [0.717, 1.165) is 22.9 Å². The molecule has 9 nitrogen and oxygen atoms in total. The Morgan fingerprint density at radius 2 is 1.94 bits per heavy atom. The van der Waals surface area contributed by atoms with Gasteiger partial charge in [-0.25, -0.2) is 24.3 Å². The highest BCUT2D eigenvalue weighted by molar-refractivity contribution is 5.87. The molecular weight excluding hydrogens is 397 g/mol. The minimum Gasteiger partial charge on any atom is -0.379 e. The lowest BCUT2D eigenvalue weighted by Crippen LogP contribution is -2.19. The van der Waals surface area contributed by atoms with E-state index in [4.69, 9.17) is 0 Å². The van der Waals surface area contributed by atoms with Gasteiger partial charge in [0.25, 0.3) is 0 Å². The molecule has 2 atom stereocenters. The first kappa shape index (κ1) is 19.2. The summed E-state index contributed by atoms with van der Waals surface area (Å²) in [6, 6.07) is 5.37. The molecule has 1 aromatic carbocycles. The van der Waals surface area contributed by atoms with Gasteiger partial charge < -0.3 is 16.0 Å². The van der Waals surface area contributed by atoms with Crippen LogP contribution in [-0.2, 0) is 0 Å². The van der Waals surface area contributed by atoms with Gasteiger partial charge >= 0.3 is 0 Å². The lowest BCUT2D eigenvalue weighted by Gasteiger charge is -2.18. The number of benzene rings is 1. The number of aromatic amines is 1. The average molecular weight is 419 g/mol. The molecule has 158 valence electrons. The maximum atomic E-state index is 14.2. The fourth-order valence-electron chi connectivity index (χ4n) is 4.16. The molecule has 1 aliphatic heterocycles. The number of nitrogens with one attached hydrogen (secondary N) is 4. The fraction of sp³-hybridized carbons (Fsp3) is 0.286. The van der Waals surface area contributed by atoms with Crippen LogP contribution in [0.2, 0.25) is 0 Å². The Labute approximate surface area is 178 Å². The normalized spacial score (nSPS) is 17.4. The van der Waals surface area contributed by atoms with E-state index in [1.165, 1.54) is 18.7 Å².